The van der Waals surface area contributed by atoms with Gasteiger partial charge in [0.2, 0.25) is 5.91 Å². The van der Waals surface area contributed by atoms with Crippen molar-refractivity contribution in [3.8, 4) is 5.75 Å². The van der Waals surface area contributed by atoms with E-state index < -0.39 is 29.9 Å². The molecular weight excluding hydrogens is 264 g/mol. The summed E-state index contributed by atoms with van der Waals surface area (Å²) in [6, 6.07) is 4.74. The molecule has 1 rings (SSSR count). The van der Waals surface area contributed by atoms with Gasteiger partial charge in [0.15, 0.2) is 0 Å². The standard InChI is InChI=1S/C13H16N2O5/c1-7(16)11(14)13(19)15-12(18)9-5-3-4-6-10(9)20-8(2)17/h3-7,11,16H,14H2,1-2H3,(H,15,18,19). The molecule has 1 aromatic rings. The summed E-state index contributed by atoms with van der Waals surface area (Å²) in [5, 5.41) is 11.2. The van der Waals surface area contributed by atoms with Crippen molar-refractivity contribution in [3.63, 3.8) is 0 Å². The van der Waals surface area contributed by atoms with E-state index in [0.29, 0.717) is 0 Å². The van der Waals surface area contributed by atoms with Crippen LogP contribution in [0.15, 0.2) is 24.3 Å². The van der Waals surface area contributed by atoms with Crippen molar-refractivity contribution >= 4 is 17.8 Å². The lowest BCUT2D eigenvalue weighted by Gasteiger charge is -2.14. The number of benzene rings is 1. The van der Waals surface area contributed by atoms with Crippen LogP contribution in [-0.4, -0.2) is 35.0 Å². The lowest BCUT2D eigenvalue weighted by atomic mass is 10.1. The summed E-state index contributed by atoms with van der Waals surface area (Å²) >= 11 is 0. The van der Waals surface area contributed by atoms with Crippen LogP contribution in [0.2, 0.25) is 0 Å². The van der Waals surface area contributed by atoms with Gasteiger partial charge in [0, 0.05) is 6.92 Å². The Kier molecular flexibility index (Phi) is 5.36. The molecule has 1 aromatic carbocycles. The molecule has 0 bridgehead atoms. The number of nitrogens with one attached hydrogen (secondary N) is 1. The number of esters is 1. The molecule has 0 aliphatic heterocycles. The maximum absolute atomic E-state index is 11.9. The Labute approximate surface area is 115 Å². The number of para-hydroxylation sites is 1. The smallest absolute Gasteiger partial charge is 0.308 e. The van der Waals surface area contributed by atoms with E-state index in [1.807, 2.05) is 5.32 Å². The fourth-order valence-corrected chi connectivity index (χ4v) is 1.38. The van der Waals surface area contributed by atoms with Crippen LogP contribution in [0.5, 0.6) is 5.75 Å². The van der Waals surface area contributed by atoms with Gasteiger partial charge in [0.25, 0.3) is 5.91 Å². The number of nitrogens with two attached hydrogens (primary N) is 1. The van der Waals surface area contributed by atoms with Crippen LogP contribution in [0.4, 0.5) is 0 Å². The fraction of sp³-hybridized carbons (Fsp3) is 0.308. The largest absolute Gasteiger partial charge is 0.426 e. The van der Waals surface area contributed by atoms with Gasteiger partial charge in [-0.3, -0.25) is 19.7 Å². The van der Waals surface area contributed by atoms with Gasteiger partial charge in [-0.2, -0.15) is 0 Å². The van der Waals surface area contributed by atoms with E-state index in [9.17, 15) is 19.5 Å². The summed E-state index contributed by atoms with van der Waals surface area (Å²) in [5.41, 5.74) is 5.43. The number of ether oxygens (including phenoxy) is 1. The van der Waals surface area contributed by atoms with Crippen molar-refractivity contribution in [2.45, 2.75) is 26.0 Å². The minimum absolute atomic E-state index is 0.0221. The van der Waals surface area contributed by atoms with Crippen LogP contribution >= 0.6 is 0 Å². The van der Waals surface area contributed by atoms with E-state index in [2.05, 4.69) is 0 Å². The predicted octanol–water partition coefficient (Wildman–Crippen LogP) is -0.424. The molecule has 7 nitrogen and oxygen atoms in total. The van der Waals surface area contributed by atoms with E-state index in [-0.39, 0.29) is 11.3 Å². The predicted molar refractivity (Wildman–Crippen MR) is 69.9 cm³/mol. The molecule has 2 amide bonds. The summed E-state index contributed by atoms with van der Waals surface area (Å²) in [4.78, 5) is 34.4. The first-order valence-corrected chi connectivity index (χ1v) is 5.89. The van der Waals surface area contributed by atoms with Crippen molar-refractivity contribution in [1.29, 1.82) is 0 Å². The minimum Gasteiger partial charge on any atom is -0.426 e. The van der Waals surface area contributed by atoms with Crippen molar-refractivity contribution in [2.75, 3.05) is 0 Å². The zero-order chi connectivity index (χ0) is 15.3. The third-order valence-electron chi connectivity index (χ3n) is 2.44. The number of amides is 2. The highest BCUT2D eigenvalue weighted by Gasteiger charge is 2.23. The summed E-state index contributed by atoms with van der Waals surface area (Å²) in [5.74, 6) is -2.13. The molecule has 0 spiro atoms. The highest BCUT2D eigenvalue weighted by molar-refractivity contribution is 6.07. The third kappa shape index (κ3) is 4.15. The summed E-state index contributed by atoms with van der Waals surface area (Å²) < 4.78 is 4.86. The average Bonchev–Trinajstić information content (AvgIpc) is 2.37. The molecule has 0 aromatic heterocycles. The van der Waals surface area contributed by atoms with Crippen molar-refractivity contribution < 1.29 is 24.2 Å². The number of rotatable bonds is 4. The number of imide groups is 1. The molecule has 0 aliphatic rings. The molecule has 2 unspecified atom stereocenters. The number of hydrogen-bond donors (Lipinski definition) is 3. The molecule has 108 valence electrons. The number of aliphatic hydroxyl groups is 1. The number of hydrogen-bond acceptors (Lipinski definition) is 6. The molecule has 0 heterocycles. The third-order valence-corrected chi connectivity index (χ3v) is 2.44. The number of aliphatic hydroxyl groups excluding tert-OH is 1. The Morgan fingerprint density at radius 3 is 2.45 bits per heavy atom. The van der Waals surface area contributed by atoms with Gasteiger partial charge < -0.3 is 15.6 Å². The first kappa shape index (κ1) is 15.8. The van der Waals surface area contributed by atoms with Crippen molar-refractivity contribution in [3.05, 3.63) is 29.8 Å². The zero-order valence-corrected chi connectivity index (χ0v) is 11.1. The van der Waals surface area contributed by atoms with Crippen LogP contribution in [0, 0.1) is 0 Å². The lowest BCUT2D eigenvalue weighted by Crippen LogP contribution is -2.49. The van der Waals surface area contributed by atoms with Crippen LogP contribution in [-0.2, 0) is 9.59 Å². The first-order chi connectivity index (χ1) is 9.32. The van der Waals surface area contributed by atoms with Crippen LogP contribution in [0.1, 0.15) is 24.2 Å². The summed E-state index contributed by atoms with van der Waals surface area (Å²) in [7, 11) is 0. The van der Waals surface area contributed by atoms with E-state index in [4.69, 9.17) is 10.5 Å². The second kappa shape index (κ2) is 6.78. The lowest BCUT2D eigenvalue weighted by molar-refractivity contribution is -0.131. The molecule has 0 saturated carbocycles. The van der Waals surface area contributed by atoms with Gasteiger partial charge in [0.1, 0.15) is 11.8 Å². The second-order valence-electron chi connectivity index (χ2n) is 4.17. The van der Waals surface area contributed by atoms with Gasteiger partial charge in [0.05, 0.1) is 11.7 Å². The quantitative estimate of drug-likeness (QED) is 0.509. The SMILES string of the molecule is CC(=O)Oc1ccccc1C(=O)NC(=O)C(N)C(C)O. The summed E-state index contributed by atoms with van der Waals surface area (Å²) in [6.07, 6.45) is -1.09. The minimum atomic E-state index is -1.22. The van der Waals surface area contributed by atoms with E-state index in [1.54, 1.807) is 12.1 Å². The molecule has 20 heavy (non-hydrogen) atoms. The van der Waals surface area contributed by atoms with Gasteiger partial charge in [-0.25, -0.2) is 0 Å². The van der Waals surface area contributed by atoms with Gasteiger partial charge in [-0.1, -0.05) is 12.1 Å². The van der Waals surface area contributed by atoms with E-state index >= 15 is 0 Å². The second-order valence-corrected chi connectivity index (χ2v) is 4.17. The van der Waals surface area contributed by atoms with Crippen LogP contribution in [0.25, 0.3) is 0 Å². The van der Waals surface area contributed by atoms with Gasteiger partial charge in [-0.15, -0.1) is 0 Å². The Bertz CT molecular complexity index is 527. The number of carbonyl (C=O) groups is 3. The van der Waals surface area contributed by atoms with E-state index in [0.717, 1.165) is 0 Å². The Morgan fingerprint density at radius 1 is 1.30 bits per heavy atom. The summed E-state index contributed by atoms with van der Waals surface area (Å²) in [6.45, 7) is 2.53. The van der Waals surface area contributed by atoms with Crippen LogP contribution < -0.4 is 15.8 Å². The Hall–Kier alpha value is -2.25. The molecule has 0 aliphatic carbocycles. The molecule has 2 atom stereocenters. The van der Waals surface area contributed by atoms with Gasteiger partial charge >= 0.3 is 5.97 Å². The normalized spacial score (nSPS) is 13.2. The first-order valence-electron chi connectivity index (χ1n) is 5.89. The molecule has 7 heteroatoms. The molecule has 0 radical (unpaired) electrons. The Morgan fingerprint density at radius 2 is 1.90 bits per heavy atom. The zero-order valence-electron chi connectivity index (χ0n) is 11.1. The highest BCUT2D eigenvalue weighted by Crippen LogP contribution is 2.17. The van der Waals surface area contributed by atoms with Crippen molar-refractivity contribution in [1.82, 2.24) is 5.32 Å². The molecule has 0 fully saturated rings. The van der Waals surface area contributed by atoms with Crippen molar-refractivity contribution in [2.24, 2.45) is 5.73 Å². The molecule has 4 N–H and O–H groups in total. The number of carbonyl (C=O) groups excluding carboxylic acids is 3. The van der Waals surface area contributed by atoms with Crippen LogP contribution in [0.3, 0.4) is 0 Å². The fourth-order valence-electron chi connectivity index (χ4n) is 1.38. The Balaban J connectivity index is 2.87. The molecular formula is C13H16N2O5. The maximum Gasteiger partial charge on any atom is 0.308 e. The highest BCUT2D eigenvalue weighted by atomic mass is 16.5. The molecule has 0 saturated heterocycles. The average molecular weight is 280 g/mol. The van der Waals surface area contributed by atoms with E-state index in [1.165, 1.54) is 26.0 Å². The monoisotopic (exact) mass is 280 g/mol. The maximum atomic E-state index is 11.9. The van der Waals surface area contributed by atoms with Gasteiger partial charge in [-0.05, 0) is 19.1 Å². The topological polar surface area (TPSA) is 119 Å².